The van der Waals surface area contributed by atoms with Crippen molar-refractivity contribution in [2.75, 3.05) is 0 Å². The predicted molar refractivity (Wildman–Crippen MR) is 52.5 cm³/mol. The third kappa shape index (κ3) is 2.30. The molecular formula is C9H7BrF2N2O. The van der Waals surface area contributed by atoms with Gasteiger partial charge in [-0.1, -0.05) is 15.9 Å². The van der Waals surface area contributed by atoms with E-state index in [1.807, 2.05) is 0 Å². The summed E-state index contributed by atoms with van der Waals surface area (Å²) in [6, 6.07) is 1.75. The minimum absolute atomic E-state index is 0.0173. The van der Waals surface area contributed by atoms with E-state index in [0.29, 0.717) is 0 Å². The molecule has 0 saturated carbocycles. The number of hydrogen-bond donors (Lipinski definition) is 1. The summed E-state index contributed by atoms with van der Waals surface area (Å²) in [5.41, 5.74) is 0.123. The number of halogens is 3. The Kier molecular flexibility index (Phi) is 4.12. The number of pyridine rings is 1. The smallest absolute Gasteiger partial charge is 0.265 e. The van der Waals surface area contributed by atoms with Crippen molar-refractivity contribution < 1.29 is 13.9 Å². The first-order valence-corrected chi connectivity index (χ1v) is 5.13. The topological polar surface area (TPSA) is 56.9 Å². The maximum absolute atomic E-state index is 12.5. The van der Waals surface area contributed by atoms with Crippen LogP contribution < -0.4 is 0 Å². The summed E-state index contributed by atoms with van der Waals surface area (Å²) in [7, 11) is 0. The lowest BCUT2D eigenvalue weighted by atomic mass is 10.0. The van der Waals surface area contributed by atoms with Gasteiger partial charge in [0.15, 0.2) is 0 Å². The summed E-state index contributed by atoms with van der Waals surface area (Å²) >= 11 is 3.05. The molecule has 0 aliphatic heterocycles. The average molecular weight is 277 g/mol. The fourth-order valence-electron chi connectivity index (χ4n) is 1.22. The molecule has 0 spiro atoms. The van der Waals surface area contributed by atoms with Gasteiger partial charge in [0.05, 0.1) is 6.61 Å². The Labute approximate surface area is 93.5 Å². The zero-order valence-electron chi connectivity index (χ0n) is 7.54. The third-order valence-corrected chi connectivity index (χ3v) is 2.52. The Balaban J connectivity index is 3.42. The first kappa shape index (κ1) is 12.0. The van der Waals surface area contributed by atoms with E-state index in [9.17, 15) is 8.78 Å². The number of rotatable bonds is 3. The molecule has 0 bridgehead atoms. The summed E-state index contributed by atoms with van der Waals surface area (Å²) in [5.74, 6) is 0. The van der Waals surface area contributed by atoms with Crippen LogP contribution in [0.1, 0.15) is 28.8 Å². The van der Waals surface area contributed by atoms with Crippen molar-refractivity contribution in [3.63, 3.8) is 0 Å². The number of aliphatic hydroxyl groups is 1. The zero-order chi connectivity index (χ0) is 11.4. The largest absolute Gasteiger partial charge is 0.392 e. The molecule has 15 heavy (non-hydrogen) atoms. The van der Waals surface area contributed by atoms with E-state index in [-0.39, 0.29) is 27.7 Å². The molecular weight excluding hydrogens is 270 g/mol. The molecule has 1 heterocycles. The van der Waals surface area contributed by atoms with Crippen molar-refractivity contribution in [1.29, 1.82) is 5.26 Å². The number of hydrogen-bond acceptors (Lipinski definition) is 3. The summed E-state index contributed by atoms with van der Waals surface area (Å²) < 4.78 is 25.1. The van der Waals surface area contributed by atoms with Gasteiger partial charge in [-0.05, 0) is 5.56 Å². The maximum atomic E-state index is 12.5. The van der Waals surface area contributed by atoms with Crippen molar-refractivity contribution in [3.05, 3.63) is 28.6 Å². The lowest BCUT2D eigenvalue weighted by Gasteiger charge is -2.11. The van der Waals surface area contributed by atoms with Gasteiger partial charge < -0.3 is 5.11 Å². The van der Waals surface area contributed by atoms with Crippen LogP contribution in [-0.4, -0.2) is 10.1 Å². The van der Waals surface area contributed by atoms with Crippen LogP contribution >= 0.6 is 15.9 Å². The van der Waals surface area contributed by atoms with E-state index in [0.717, 1.165) is 6.20 Å². The van der Waals surface area contributed by atoms with Gasteiger partial charge in [-0.2, -0.15) is 5.26 Å². The summed E-state index contributed by atoms with van der Waals surface area (Å²) in [6.45, 7) is -0.475. The molecule has 0 saturated heterocycles. The van der Waals surface area contributed by atoms with Crippen molar-refractivity contribution in [2.45, 2.75) is 18.4 Å². The highest BCUT2D eigenvalue weighted by Gasteiger charge is 2.18. The van der Waals surface area contributed by atoms with Gasteiger partial charge in [-0.3, -0.25) is 0 Å². The molecule has 0 aromatic carbocycles. The quantitative estimate of drug-likeness (QED) is 0.862. The summed E-state index contributed by atoms with van der Waals surface area (Å²) in [5, 5.41) is 17.8. The van der Waals surface area contributed by atoms with Gasteiger partial charge in [0.25, 0.3) is 6.43 Å². The molecule has 80 valence electrons. The van der Waals surface area contributed by atoms with Crippen LogP contribution in [0.2, 0.25) is 0 Å². The molecule has 0 aliphatic carbocycles. The molecule has 0 aliphatic rings. The van der Waals surface area contributed by atoms with Crippen LogP contribution in [0, 0.1) is 11.3 Å². The van der Waals surface area contributed by atoms with Gasteiger partial charge in [0.2, 0.25) is 0 Å². The number of nitriles is 1. The van der Waals surface area contributed by atoms with E-state index in [4.69, 9.17) is 10.4 Å². The summed E-state index contributed by atoms with van der Waals surface area (Å²) in [4.78, 5) is 3.58. The van der Waals surface area contributed by atoms with Crippen LogP contribution in [0.15, 0.2) is 6.20 Å². The Morgan fingerprint density at radius 2 is 2.20 bits per heavy atom. The van der Waals surface area contributed by atoms with Gasteiger partial charge >= 0.3 is 0 Å². The van der Waals surface area contributed by atoms with Gasteiger partial charge in [-0.15, -0.1) is 0 Å². The normalized spacial score (nSPS) is 10.4. The minimum Gasteiger partial charge on any atom is -0.392 e. The lowest BCUT2D eigenvalue weighted by molar-refractivity contribution is 0.149. The van der Waals surface area contributed by atoms with Crippen molar-refractivity contribution >= 4 is 15.9 Å². The predicted octanol–water partition coefficient (Wildman–Crippen LogP) is 2.28. The first-order chi connectivity index (χ1) is 7.15. The number of alkyl halides is 3. The number of aliphatic hydroxyl groups excluding tert-OH is 1. The lowest BCUT2D eigenvalue weighted by Crippen LogP contribution is -2.04. The van der Waals surface area contributed by atoms with Crippen LogP contribution in [0.3, 0.4) is 0 Å². The highest BCUT2D eigenvalue weighted by atomic mass is 79.9. The maximum Gasteiger partial charge on any atom is 0.265 e. The van der Waals surface area contributed by atoms with Crippen LogP contribution in [-0.2, 0) is 11.9 Å². The molecule has 1 rings (SSSR count). The van der Waals surface area contributed by atoms with Crippen molar-refractivity contribution in [3.8, 4) is 6.07 Å². The highest BCUT2D eigenvalue weighted by molar-refractivity contribution is 9.08. The molecule has 0 unspecified atom stereocenters. The molecule has 3 nitrogen and oxygen atoms in total. The van der Waals surface area contributed by atoms with E-state index in [1.54, 1.807) is 6.07 Å². The Hall–Kier alpha value is -1.06. The SMILES string of the molecule is N#Cc1ncc(C(F)F)c(CBr)c1CO. The Bertz CT molecular complexity index is 404. The standard InChI is InChI=1S/C9H7BrF2N2O/c10-1-5-6(9(11)12)3-14-8(2-13)7(5)4-15/h3,9,15H,1,4H2. The number of nitrogens with zero attached hydrogens (tertiary/aromatic N) is 2. The second kappa shape index (κ2) is 5.14. The van der Waals surface area contributed by atoms with E-state index < -0.39 is 13.0 Å². The molecule has 0 atom stereocenters. The third-order valence-electron chi connectivity index (χ3n) is 1.96. The van der Waals surface area contributed by atoms with Crippen LogP contribution in [0.4, 0.5) is 8.78 Å². The van der Waals surface area contributed by atoms with E-state index in [2.05, 4.69) is 20.9 Å². The zero-order valence-corrected chi connectivity index (χ0v) is 9.13. The molecule has 6 heteroatoms. The van der Waals surface area contributed by atoms with Gasteiger partial charge in [0.1, 0.15) is 11.8 Å². The van der Waals surface area contributed by atoms with Crippen molar-refractivity contribution in [2.24, 2.45) is 0 Å². The van der Waals surface area contributed by atoms with E-state index in [1.165, 1.54) is 0 Å². The second-order valence-corrected chi connectivity index (χ2v) is 3.28. The average Bonchev–Trinajstić information content (AvgIpc) is 2.26. The highest BCUT2D eigenvalue weighted by Crippen LogP contribution is 2.28. The van der Waals surface area contributed by atoms with Crippen LogP contribution in [0.25, 0.3) is 0 Å². The first-order valence-electron chi connectivity index (χ1n) is 4.01. The summed E-state index contributed by atoms with van der Waals surface area (Å²) in [6.07, 6.45) is -1.69. The molecule has 1 N–H and O–H groups in total. The van der Waals surface area contributed by atoms with Crippen molar-refractivity contribution in [1.82, 2.24) is 4.98 Å². The van der Waals surface area contributed by atoms with Gasteiger partial charge in [-0.25, -0.2) is 13.8 Å². The monoisotopic (exact) mass is 276 g/mol. The fourth-order valence-corrected chi connectivity index (χ4v) is 1.88. The molecule has 0 radical (unpaired) electrons. The minimum atomic E-state index is -2.66. The van der Waals surface area contributed by atoms with E-state index >= 15 is 0 Å². The molecule has 0 amide bonds. The molecule has 0 fully saturated rings. The Morgan fingerprint density at radius 3 is 2.60 bits per heavy atom. The Morgan fingerprint density at radius 1 is 1.53 bits per heavy atom. The number of aromatic nitrogens is 1. The molecule has 1 aromatic rings. The fraction of sp³-hybridized carbons (Fsp3) is 0.333. The molecule has 1 aromatic heterocycles. The second-order valence-electron chi connectivity index (χ2n) is 2.72. The van der Waals surface area contributed by atoms with Crippen LogP contribution in [0.5, 0.6) is 0 Å². The van der Waals surface area contributed by atoms with Gasteiger partial charge in [0, 0.05) is 22.7 Å².